The molecule has 2 aromatic carbocycles. The lowest BCUT2D eigenvalue weighted by atomic mass is 10.1. The molecule has 2 rings (SSSR count). The van der Waals surface area contributed by atoms with Crippen molar-refractivity contribution in [2.24, 2.45) is 5.10 Å². The highest BCUT2D eigenvalue weighted by Crippen LogP contribution is 2.14. The maximum Gasteiger partial charge on any atom is 0.282 e. The fraction of sp³-hybridized carbons (Fsp3) is 0.105. The van der Waals surface area contributed by atoms with E-state index in [4.69, 9.17) is 14.7 Å². The largest absolute Gasteiger partial charge is 0.497 e. The van der Waals surface area contributed by atoms with Crippen molar-refractivity contribution in [2.45, 2.75) is 0 Å². The van der Waals surface area contributed by atoms with E-state index >= 15 is 0 Å². The highest BCUT2D eigenvalue weighted by molar-refractivity contribution is 6.02. The molecule has 0 aliphatic rings. The van der Waals surface area contributed by atoms with E-state index in [9.17, 15) is 4.79 Å². The monoisotopic (exact) mass is 335 g/mol. The number of hydrogen-bond donors (Lipinski definition) is 1. The molecule has 0 fully saturated rings. The van der Waals surface area contributed by atoms with Crippen LogP contribution in [-0.2, 0) is 4.79 Å². The molecule has 0 atom stereocenters. The van der Waals surface area contributed by atoms with Gasteiger partial charge in [0.05, 0.1) is 20.4 Å². The molecule has 6 heteroatoms. The highest BCUT2D eigenvalue weighted by atomic mass is 16.5. The zero-order chi connectivity index (χ0) is 18.1. The molecule has 0 spiro atoms. The first kappa shape index (κ1) is 17.8. The van der Waals surface area contributed by atoms with Crippen molar-refractivity contribution in [1.82, 2.24) is 5.43 Å². The third-order valence-electron chi connectivity index (χ3n) is 3.29. The minimum absolute atomic E-state index is 0.0444. The number of nitrogens with one attached hydrogen (secondary N) is 1. The van der Waals surface area contributed by atoms with E-state index in [0.717, 1.165) is 11.3 Å². The normalized spacial score (nSPS) is 11.0. The summed E-state index contributed by atoms with van der Waals surface area (Å²) in [5.41, 5.74) is 3.80. The van der Waals surface area contributed by atoms with E-state index in [0.29, 0.717) is 11.3 Å². The van der Waals surface area contributed by atoms with Crippen LogP contribution >= 0.6 is 0 Å². The zero-order valence-electron chi connectivity index (χ0n) is 13.9. The van der Waals surface area contributed by atoms with E-state index in [1.54, 1.807) is 62.8 Å². The van der Waals surface area contributed by atoms with Gasteiger partial charge in [-0.2, -0.15) is 10.4 Å². The Morgan fingerprint density at radius 3 is 2.00 bits per heavy atom. The Balaban J connectivity index is 2.02. The molecule has 126 valence electrons. The molecule has 0 aliphatic carbocycles. The van der Waals surface area contributed by atoms with Gasteiger partial charge in [-0.1, -0.05) is 12.1 Å². The van der Waals surface area contributed by atoms with Gasteiger partial charge in [-0.25, -0.2) is 5.43 Å². The number of carbonyl (C=O) groups is 1. The van der Waals surface area contributed by atoms with Crippen molar-refractivity contribution in [3.05, 3.63) is 65.2 Å². The summed E-state index contributed by atoms with van der Waals surface area (Å²) in [7, 11) is 3.15. The summed E-state index contributed by atoms with van der Waals surface area (Å²) in [5, 5.41) is 13.0. The number of nitrogens with zero attached hydrogens (tertiary/aromatic N) is 2. The molecule has 0 heterocycles. The van der Waals surface area contributed by atoms with Crippen LogP contribution in [-0.4, -0.2) is 26.3 Å². The van der Waals surface area contributed by atoms with E-state index in [-0.39, 0.29) is 5.57 Å². The Morgan fingerprint density at radius 2 is 1.52 bits per heavy atom. The summed E-state index contributed by atoms with van der Waals surface area (Å²) in [4.78, 5) is 12.0. The predicted molar refractivity (Wildman–Crippen MR) is 95.3 cm³/mol. The second-order valence-corrected chi connectivity index (χ2v) is 4.92. The first-order chi connectivity index (χ1) is 12.2. The van der Waals surface area contributed by atoms with Crippen LogP contribution in [0.4, 0.5) is 0 Å². The van der Waals surface area contributed by atoms with E-state index < -0.39 is 5.91 Å². The molecule has 0 bridgehead atoms. The maximum absolute atomic E-state index is 12.0. The molecule has 1 N–H and O–H groups in total. The number of hydrazone groups is 1. The van der Waals surface area contributed by atoms with E-state index in [1.165, 1.54) is 12.3 Å². The first-order valence-electron chi connectivity index (χ1n) is 7.39. The summed E-state index contributed by atoms with van der Waals surface area (Å²) in [6.45, 7) is 0. The van der Waals surface area contributed by atoms with Crippen molar-refractivity contribution in [1.29, 1.82) is 5.26 Å². The van der Waals surface area contributed by atoms with Gasteiger partial charge < -0.3 is 9.47 Å². The molecule has 2 aromatic rings. The van der Waals surface area contributed by atoms with Crippen molar-refractivity contribution >= 4 is 18.2 Å². The summed E-state index contributed by atoms with van der Waals surface area (Å²) in [6.07, 6.45) is 2.97. The maximum atomic E-state index is 12.0. The lowest BCUT2D eigenvalue weighted by Gasteiger charge is -2.01. The SMILES string of the molecule is COc1ccc(/C=C(/C#N)C(=O)N/N=C/c2ccc(OC)cc2)cc1. The second-order valence-electron chi connectivity index (χ2n) is 4.92. The predicted octanol–water partition coefficient (Wildman–Crippen LogP) is 2.76. The summed E-state index contributed by atoms with van der Waals surface area (Å²) >= 11 is 0. The van der Waals surface area contributed by atoms with Gasteiger partial charge in [0, 0.05) is 0 Å². The summed E-state index contributed by atoms with van der Waals surface area (Å²) in [5.74, 6) is 0.850. The number of hydrogen-bond acceptors (Lipinski definition) is 5. The first-order valence-corrected chi connectivity index (χ1v) is 7.39. The van der Waals surface area contributed by atoms with E-state index in [1.807, 2.05) is 6.07 Å². The van der Waals surface area contributed by atoms with Gasteiger partial charge in [-0.3, -0.25) is 4.79 Å². The molecular formula is C19H17N3O3. The lowest BCUT2D eigenvalue weighted by Crippen LogP contribution is -2.19. The Kier molecular flexibility index (Phi) is 6.32. The summed E-state index contributed by atoms with van der Waals surface area (Å²) in [6, 6.07) is 16.0. The van der Waals surface area contributed by atoms with Crippen LogP contribution in [0.1, 0.15) is 11.1 Å². The van der Waals surface area contributed by atoms with Crippen LogP contribution in [0.3, 0.4) is 0 Å². The molecule has 0 aliphatic heterocycles. The van der Waals surface area contributed by atoms with Crippen LogP contribution in [0, 0.1) is 11.3 Å². The van der Waals surface area contributed by atoms with Crippen LogP contribution in [0.5, 0.6) is 11.5 Å². The average Bonchev–Trinajstić information content (AvgIpc) is 2.67. The fourth-order valence-corrected chi connectivity index (χ4v) is 1.93. The number of carbonyl (C=O) groups excluding carboxylic acids is 1. The third-order valence-corrected chi connectivity index (χ3v) is 3.29. The Hall–Kier alpha value is -3.59. The smallest absolute Gasteiger partial charge is 0.282 e. The number of amides is 1. The zero-order valence-corrected chi connectivity index (χ0v) is 13.9. The van der Waals surface area contributed by atoms with Gasteiger partial charge in [-0.15, -0.1) is 0 Å². The molecule has 25 heavy (non-hydrogen) atoms. The van der Waals surface area contributed by atoms with Crippen molar-refractivity contribution in [2.75, 3.05) is 14.2 Å². The van der Waals surface area contributed by atoms with Gasteiger partial charge in [0.15, 0.2) is 0 Å². The molecule has 6 nitrogen and oxygen atoms in total. The number of nitriles is 1. The van der Waals surface area contributed by atoms with Gasteiger partial charge in [-0.05, 0) is 53.6 Å². The van der Waals surface area contributed by atoms with E-state index in [2.05, 4.69) is 10.5 Å². The van der Waals surface area contributed by atoms with Gasteiger partial charge >= 0.3 is 0 Å². The fourth-order valence-electron chi connectivity index (χ4n) is 1.93. The number of rotatable bonds is 6. The molecule has 0 saturated carbocycles. The standard InChI is InChI=1S/C19H17N3O3/c1-24-17-7-3-14(4-8-17)11-16(12-20)19(23)22-21-13-15-5-9-18(25-2)10-6-15/h3-11,13H,1-2H3,(H,22,23)/b16-11-,21-13+. The lowest BCUT2D eigenvalue weighted by molar-refractivity contribution is -0.117. The van der Waals surface area contributed by atoms with Gasteiger partial charge in [0.1, 0.15) is 23.1 Å². The molecule has 0 saturated heterocycles. The topological polar surface area (TPSA) is 83.7 Å². The van der Waals surface area contributed by atoms with Crippen LogP contribution in [0.15, 0.2) is 59.2 Å². The van der Waals surface area contributed by atoms with Crippen molar-refractivity contribution in [3.63, 3.8) is 0 Å². The summed E-state index contributed by atoms with van der Waals surface area (Å²) < 4.78 is 10.1. The number of methoxy groups -OCH3 is 2. The van der Waals surface area contributed by atoms with Crippen molar-refractivity contribution < 1.29 is 14.3 Å². The molecular weight excluding hydrogens is 318 g/mol. The molecule has 0 radical (unpaired) electrons. The third kappa shape index (κ3) is 5.22. The molecule has 0 unspecified atom stereocenters. The van der Waals surface area contributed by atoms with Gasteiger partial charge in [0.25, 0.3) is 5.91 Å². The van der Waals surface area contributed by atoms with Crippen LogP contribution < -0.4 is 14.9 Å². The molecule has 1 amide bonds. The van der Waals surface area contributed by atoms with Crippen LogP contribution in [0.25, 0.3) is 6.08 Å². The minimum atomic E-state index is -0.580. The Labute approximate surface area is 146 Å². The molecule has 0 aromatic heterocycles. The average molecular weight is 335 g/mol. The Morgan fingerprint density at radius 1 is 1.00 bits per heavy atom. The highest BCUT2D eigenvalue weighted by Gasteiger charge is 2.07. The van der Waals surface area contributed by atoms with Crippen molar-refractivity contribution in [3.8, 4) is 17.6 Å². The number of ether oxygens (including phenoxy) is 2. The van der Waals surface area contributed by atoms with Crippen LogP contribution in [0.2, 0.25) is 0 Å². The second kappa shape index (κ2) is 8.89. The quantitative estimate of drug-likeness (QED) is 0.381. The minimum Gasteiger partial charge on any atom is -0.497 e. The van der Waals surface area contributed by atoms with Gasteiger partial charge in [0.2, 0.25) is 0 Å². The Bertz CT molecular complexity index is 816. The number of benzene rings is 2.